The first-order chi connectivity index (χ1) is 8.43. The van der Waals surface area contributed by atoms with Gasteiger partial charge in [0.2, 0.25) is 0 Å². The Morgan fingerprint density at radius 3 is 2.88 bits per heavy atom. The third kappa shape index (κ3) is 2.15. The van der Waals surface area contributed by atoms with Crippen LogP contribution >= 0.6 is 11.3 Å². The van der Waals surface area contributed by atoms with Crippen LogP contribution in [0.4, 0.5) is 5.00 Å². The van der Waals surface area contributed by atoms with E-state index in [1.807, 2.05) is 24.7 Å². The molecule has 1 aliphatic heterocycles. The predicted octanol–water partition coefficient (Wildman–Crippen LogP) is 3.66. The Hall–Kier alpha value is -1.87. The lowest BCUT2D eigenvalue weighted by molar-refractivity contribution is 0.978. The van der Waals surface area contributed by atoms with Gasteiger partial charge in [-0.1, -0.05) is 30.3 Å². The number of hydrogen-bond acceptors (Lipinski definition) is 3. The van der Waals surface area contributed by atoms with Gasteiger partial charge < -0.3 is 4.90 Å². The second-order valence-electron chi connectivity index (χ2n) is 3.87. The predicted molar refractivity (Wildman–Crippen MR) is 73.7 cm³/mol. The molecule has 1 aliphatic rings. The summed E-state index contributed by atoms with van der Waals surface area (Å²) in [5.41, 5.74) is 2.49. The molecule has 2 aromatic rings. The van der Waals surface area contributed by atoms with Gasteiger partial charge >= 0.3 is 0 Å². The van der Waals surface area contributed by atoms with Crippen molar-refractivity contribution in [2.45, 2.75) is 6.54 Å². The average molecular weight is 240 g/mol. The molecule has 0 atom stereocenters. The maximum absolute atomic E-state index is 4.24. The molecule has 3 rings (SSSR count). The highest BCUT2D eigenvalue weighted by Crippen LogP contribution is 2.29. The number of anilines is 1. The van der Waals surface area contributed by atoms with E-state index >= 15 is 0 Å². The summed E-state index contributed by atoms with van der Waals surface area (Å²) in [5.74, 6) is 0. The molecule has 0 spiro atoms. The molecule has 0 aliphatic carbocycles. The Morgan fingerprint density at radius 1 is 1.12 bits per heavy atom. The topological polar surface area (TPSA) is 15.6 Å². The molecule has 17 heavy (non-hydrogen) atoms. The van der Waals surface area contributed by atoms with Gasteiger partial charge in [0.1, 0.15) is 5.00 Å². The Balaban J connectivity index is 1.91. The van der Waals surface area contributed by atoms with Crippen molar-refractivity contribution in [3.8, 4) is 0 Å². The average Bonchev–Trinajstić information content (AvgIpc) is 2.75. The van der Waals surface area contributed by atoms with Gasteiger partial charge in [0, 0.05) is 30.7 Å². The second-order valence-corrected chi connectivity index (χ2v) is 4.77. The van der Waals surface area contributed by atoms with Crippen molar-refractivity contribution in [1.29, 1.82) is 0 Å². The third-order valence-corrected chi connectivity index (χ3v) is 3.64. The summed E-state index contributed by atoms with van der Waals surface area (Å²) in [6.45, 7) is 0.883. The smallest absolute Gasteiger partial charge is 0.104 e. The zero-order valence-corrected chi connectivity index (χ0v) is 10.1. The number of benzene rings is 1. The fraction of sp³-hybridized carbons (Fsp3) is 0.0714. The van der Waals surface area contributed by atoms with E-state index in [4.69, 9.17) is 0 Å². The van der Waals surface area contributed by atoms with Crippen LogP contribution in [0.5, 0.6) is 0 Å². The van der Waals surface area contributed by atoms with Crippen molar-refractivity contribution >= 4 is 22.6 Å². The molecular weight excluding hydrogens is 228 g/mol. The van der Waals surface area contributed by atoms with E-state index in [1.165, 1.54) is 16.1 Å². The maximum Gasteiger partial charge on any atom is 0.104 e. The molecular formula is C14H12N2S. The minimum Gasteiger partial charge on any atom is -0.333 e. The zero-order valence-electron chi connectivity index (χ0n) is 9.28. The van der Waals surface area contributed by atoms with Gasteiger partial charge in [-0.25, -0.2) is 0 Å². The standard InChI is InChI=1S/C14H12N2S/c1-2-4-12(5-3-1)11-16-8-7-15-10-13-6-9-17-14(13)16/h1-10H,11H2. The molecule has 0 radical (unpaired) electrons. The monoisotopic (exact) mass is 240 g/mol. The van der Waals surface area contributed by atoms with Crippen LogP contribution in [0.1, 0.15) is 11.1 Å². The Labute approximate surface area is 105 Å². The number of aliphatic imine (C=N–C) groups is 1. The van der Waals surface area contributed by atoms with Crippen LogP contribution in [0.25, 0.3) is 0 Å². The summed E-state index contributed by atoms with van der Waals surface area (Å²) >= 11 is 1.75. The van der Waals surface area contributed by atoms with Crippen molar-refractivity contribution in [1.82, 2.24) is 0 Å². The van der Waals surface area contributed by atoms with E-state index in [9.17, 15) is 0 Å². The van der Waals surface area contributed by atoms with Crippen molar-refractivity contribution in [3.63, 3.8) is 0 Å². The Bertz CT molecular complexity index is 555. The summed E-state index contributed by atoms with van der Waals surface area (Å²) in [4.78, 5) is 6.47. The minimum atomic E-state index is 0.883. The molecule has 0 bridgehead atoms. The SMILES string of the molecule is C1=CN(Cc2ccccc2)c2sccc2C=N1. The van der Waals surface area contributed by atoms with Gasteiger partial charge in [-0.15, -0.1) is 11.3 Å². The van der Waals surface area contributed by atoms with Crippen molar-refractivity contribution in [2.24, 2.45) is 4.99 Å². The van der Waals surface area contributed by atoms with Crippen molar-refractivity contribution in [3.05, 3.63) is 65.3 Å². The van der Waals surface area contributed by atoms with Crippen molar-refractivity contribution in [2.75, 3.05) is 4.90 Å². The number of fused-ring (bicyclic) bond motifs is 1. The summed E-state index contributed by atoms with van der Waals surface area (Å²) in [7, 11) is 0. The quantitative estimate of drug-likeness (QED) is 0.782. The Kier molecular flexibility index (Phi) is 2.76. The molecule has 0 unspecified atom stereocenters. The molecule has 1 aromatic heterocycles. The van der Waals surface area contributed by atoms with Crippen LogP contribution in [0, 0.1) is 0 Å². The largest absolute Gasteiger partial charge is 0.333 e. The number of thiophene rings is 1. The molecule has 2 nitrogen and oxygen atoms in total. The Morgan fingerprint density at radius 2 is 2.00 bits per heavy atom. The van der Waals surface area contributed by atoms with Gasteiger partial charge in [0.15, 0.2) is 0 Å². The minimum absolute atomic E-state index is 0.883. The molecule has 84 valence electrons. The molecule has 0 amide bonds. The van der Waals surface area contributed by atoms with Gasteiger partial charge in [-0.05, 0) is 17.0 Å². The van der Waals surface area contributed by atoms with Gasteiger partial charge in [0.25, 0.3) is 0 Å². The molecule has 1 aromatic carbocycles. The number of nitrogens with zero attached hydrogens (tertiary/aromatic N) is 2. The summed E-state index contributed by atoms with van der Waals surface area (Å²) in [6, 6.07) is 12.6. The normalized spacial score (nSPS) is 13.5. The van der Waals surface area contributed by atoms with Crippen LogP contribution in [0.2, 0.25) is 0 Å². The number of hydrogen-bond donors (Lipinski definition) is 0. The fourth-order valence-electron chi connectivity index (χ4n) is 1.86. The van der Waals surface area contributed by atoms with E-state index in [-0.39, 0.29) is 0 Å². The molecule has 2 heterocycles. The number of rotatable bonds is 2. The van der Waals surface area contributed by atoms with Crippen LogP contribution in [-0.4, -0.2) is 6.21 Å². The van der Waals surface area contributed by atoms with E-state index in [0.717, 1.165) is 6.54 Å². The van der Waals surface area contributed by atoms with Gasteiger partial charge in [-0.3, -0.25) is 4.99 Å². The first kappa shape index (κ1) is 10.3. The lowest BCUT2D eigenvalue weighted by Gasteiger charge is -2.18. The molecule has 0 fully saturated rings. The van der Waals surface area contributed by atoms with Gasteiger partial charge in [-0.2, -0.15) is 0 Å². The highest BCUT2D eigenvalue weighted by Gasteiger charge is 2.11. The van der Waals surface area contributed by atoms with E-state index < -0.39 is 0 Å². The molecule has 3 heteroatoms. The van der Waals surface area contributed by atoms with Crippen LogP contribution in [-0.2, 0) is 6.54 Å². The molecule has 0 N–H and O–H groups in total. The van der Waals surface area contributed by atoms with E-state index in [2.05, 4.69) is 45.6 Å². The maximum atomic E-state index is 4.24. The summed E-state index contributed by atoms with van der Waals surface area (Å²) < 4.78 is 0. The highest BCUT2D eigenvalue weighted by molar-refractivity contribution is 7.14. The molecule has 0 saturated carbocycles. The second kappa shape index (κ2) is 4.55. The van der Waals surface area contributed by atoms with Crippen LogP contribution < -0.4 is 4.90 Å². The van der Waals surface area contributed by atoms with Crippen molar-refractivity contribution < 1.29 is 0 Å². The molecule has 0 saturated heterocycles. The van der Waals surface area contributed by atoms with Gasteiger partial charge in [0.05, 0.1) is 0 Å². The summed E-state index contributed by atoms with van der Waals surface area (Å²) in [5, 5.41) is 3.36. The highest BCUT2D eigenvalue weighted by atomic mass is 32.1. The zero-order chi connectivity index (χ0) is 11.5. The lowest BCUT2D eigenvalue weighted by atomic mass is 10.2. The third-order valence-electron chi connectivity index (χ3n) is 2.68. The van der Waals surface area contributed by atoms with Crippen LogP contribution in [0.3, 0.4) is 0 Å². The summed E-state index contributed by atoms with van der Waals surface area (Å²) in [6.07, 6.45) is 5.79. The first-order valence-corrected chi connectivity index (χ1v) is 6.39. The van der Waals surface area contributed by atoms with E-state index in [0.29, 0.717) is 0 Å². The fourth-order valence-corrected chi connectivity index (χ4v) is 2.72. The van der Waals surface area contributed by atoms with Crippen LogP contribution in [0.15, 0.2) is 59.2 Å². The lowest BCUT2D eigenvalue weighted by Crippen LogP contribution is -2.14. The first-order valence-electron chi connectivity index (χ1n) is 5.51. The van der Waals surface area contributed by atoms with E-state index in [1.54, 1.807) is 11.3 Å².